The maximum Gasteiger partial charge on any atom is 0.312 e. The lowest BCUT2D eigenvalue weighted by Gasteiger charge is -2.30. The number of amides is 2. The Morgan fingerprint density at radius 3 is 2.60 bits per heavy atom. The van der Waals surface area contributed by atoms with Crippen LogP contribution in [0.3, 0.4) is 0 Å². The summed E-state index contributed by atoms with van der Waals surface area (Å²) in [5.74, 6) is -1.51. The number of anilines is 2. The first-order valence-corrected chi connectivity index (χ1v) is 9.30. The highest BCUT2D eigenvalue weighted by molar-refractivity contribution is 6.11. The van der Waals surface area contributed by atoms with E-state index in [1.165, 1.54) is 11.8 Å². The van der Waals surface area contributed by atoms with Crippen molar-refractivity contribution in [2.45, 2.75) is 19.4 Å². The third-order valence-corrected chi connectivity index (χ3v) is 4.78. The number of aromatic amines is 1. The fraction of sp³-hybridized carbons (Fsp3) is 0.190. The van der Waals surface area contributed by atoms with Crippen LogP contribution in [0.5, 0.6) is 0 Å². The molecule has 2 aromatic carbocycles. The molecule has 0 saturated heterocycles. The molecule has 30 heavy (non-hydrogen) atoms. The number of aromatic nitrogens is 2. The van der Waals surface area contributed by atoms with Gasteiger partial charge >= 0.3 is 5.97 Å². The number of carbonyl (C=O) groups is 3. The van der Waals surface area contributed by atoms with Gasteiger partial charge in [0, 0.05) is 5.39 Å². The molecule has 2 N–H and O–H groups in total. The Hall–Kier alpha value is -4.01. The van der Waals surface area contributed by atoms with Crippen LogP contribution >= 0.6 is 0 Å². The van der Waals surface area contributed by atoms with Crippen LogP contribution in [0.1, 0.15) is 12.6 Å². The molecule has 2 heterocycles. The molecule has 2 amide bonds. The fourth-order valence-corrected chi connectivity index (χ4v) is 3.38. The highest BCUT2D eigenvalue weighted by atomic mass is 16.5. The van der Waals surface area contributed by atoms with Crippen molar-refractivity contribution in [3.63, 3.8) is 0 Å². The van der Waals surface area contributed by atoms with Gasteiger partial charge in [-0.2, -0.15) is 5.10 Å². The molecular weight excluding hydrogens is 388 g/mol. The molecule has 4 rings (SSSR count). The normalized spacial score (nSPS) is 14.0. The number of nitrogens with one attached hydrogen (secondary N) is 2. The van der Waals surface area contributed by atoms with Crippen LogP contribution < -0.4 is 15.8 Å². The number of rotatable bonds is 4. The minimum Gasteiger partial charge on any atom is -0.452 e. The summed E-state index contributed by atoms with van der Waals surface area (Å²) in [5, 5.41) is 9.95. The van der Waals surface area contributed by atoms with Crippen molar-refractivity contribution in [2.75, 3.05) is 16.8 Å². The Bertz CT molecular complexity index is 1220. The summed E-state index contributed by atoms with van der Waals surface area (Å²) in [6.45, 7) is 1.29. The molecule has 0 saturated carbocycles. The zero-order valence-electron chi connectivity index (χ0n) is 16.0. The number of hydrogen-bond acceptors (Lipinski definition) is 6. The lowest BCUT2D eigenvalue weighted by atomic mass is 10.1. The van der Waals surface area contributed by atoms with Gasteiger partial charge in [-0.3, -0.25) is 24.1 Å². The number of fused-ring (bicyclic) bond motifs is 2. The maximum absolute atomic E-state index is 12.9. The zero-order chi connectivity index (χ0) is 21.3. The second-order valence-corrected chi connectivity index (χ2v) is 6.84. The summed E-state index contributed by atoms with van der Waals surface area (Å²) in [5.41, 5.74) is 1.05. The molecule has 1 atom stereocenters. The Balaban J connectivity index is 1.50. The molecule has 1 aliphatic rings. The standard InChI is InChI=1S/C21H18N4O5/c1-12(21(29)25-11-18(26)22-15-8-4-5-9-17(15)25)30-19(27)10-16-13-6-2-3-7-14(13)20(28)24-23-16/h2-9,12H,10-11H2,1H3,(H,22,26)(H,24,28)/t12-/m0/s1. The number of benzene rings is 2. The van der Waals surface area contributed by atoms with E-state index in [1.807, 2.05) is 0 Å². The number of para-hydroxylation sites is 2. The first kappa shape index (κ1) is 19.3. The first-order valence-electron chi connectivity index (χ1n) is 9.30. The zero-order valence-corrected chi connectivity index (χ0v) is 16.0. The van der Waals surface area contributed by atoms with Gasteiger partial charge in [0.1, 0.15) is 6.54 Å². The van der Waals surface area contributed by atoms with Crippen LogP contribution in [0.2, 0.25) is 0 Å². The number of nitrogens with zero attached hydrogens (tertiary/aromatic N) is 2. The van der Waals surface area contributed by atoms with E-state index in [2.05, 4.69) is 15.5 Å². The largest absolute Gasteiger partial charge is 0.452 e. The van der Waals surface area contributed by atoms with Crippen molar-refractivity contribution in [1.29, 1.82) is 0 Å². The molecule has 0 radical (unpaired) electrons. The molecule has 0 fully saturated rings. The second-order valence-electron chi connectivity index (χ2n) is 6.84. The van der Waals surface area contributed by atoms with Gasteiger partial charge in [0.15, 0.2) is 6.10 Å². The Morgan fingerprint density at radius 2 is 1.80 bits per heavy atom. The Kier molecular flexibility index (Phi) is 5.01. The number of ether oxygens (including phenoxy) is 1. The number of esters is 1. The number of hydrogen-bond donors (Lipinski definition) is 2. The van der Waals surface area contributed by atoms with Crippen LogP contribution in [0.15, 0.2) is 53.3 Å². The average molecular weight is 406 g/mol. The van der Waals surface area contributed by atoms with Gasteiger partial charge < -0.3 is 10.1 Å². The maximum atomic E-state index is 12.9. The SMILES string of the molecule is C[C@H](OC(=O)Cc1n[nH]c(=O)c2ccccc12)C(=O)N1CC(=O)Nc2ccccc21. The van der Waals surface area contributed by atoms with Crippen LogP contribution in [-0.2, 0) is 25.5 Å². The van der Waals surface area contributed by atoms with E-state index in [4.69, 9.17) is 4.74 Å². The van der Waals surface area contributed by atoms with Gasteiger partial charge in [-0.15, -0.1) is 0 Å². The van der Waals surface area contributed by atoms with Gasteiger partial charge in [0.2, 0.25) is 5.91 Å². The molecular formula is C21H18N4O5. The quantitative estimate of drug-likeness (QED) is 0.632. The molecule has 3 aromatic rings. The summed E-state index contributed by atoms with van der Waals surface area (Å²) in [4.78, 5) is 50.4. The van der Waals surface area contributed by atoms with Crippen LogP contribution in [0.4, 0.5) is 11.4 Å². The van der Waals surface area contributed by atoms with E-state index < -0.39 is 18.0 Å². The molecule has 9 heteroatoms. The van der Waals surface area contributed by atoms with Gasteiger partial charge in [0.25, 0.3) is 11.5 Å². The molecule has 0 aliphatic carbocycles. The van der Waals surface area contributed by atoms with Crippen molar-refractivity contribution in [2.24, 2.45) is 0 Å². The summed E-state index contributed by atoms with van der Waals surface area (Å²) >= 11 is 0. The average Bonchev–Trinajstić information content (AvgIpc) is 2.74. The van der Waals surface area contributed by atoms with E-state index in [-0.39, 0.29) is 24.4 Å². The third kappa shape index (κ3) is 3.64. The van der Waals surface area contributed by atoms with Crippen LogP contribution in [0.25, 0.3) is 10.8 Å². The summed E-state index contributed by atoms with van der Waals surface area (Å²) in [6, 6.07) is 13.7. The molecule has 152 valence electrons. The smallest absolute Gasteiger partial charge is 0.312 e. The topological polar surface area (TPSA) is 121 Å². The van der Waals surface area contributed by atoms with E-state index >= 15 is 0 Å². The minimum absolute atomic E-state index is 0.163. The van der Waals surface area contributed by atoms with Gasteiger partial charge in [-0.25, -0.2) is 5.10 Å². The van der Waals surface area contributed by atoms with Crippen LogP contribution in [0, 0.1) is 0 Å². The predicted octanol–water partition coefficient (Wildman–Crippen LogP) is 1.38. The predicted molar refractivity (Wildman–Crippen MR) is 109 cm³/mol. The van der Waals surface area contributed by atoms with Gasteiger partial charge in [-0.05, 0) is 25.1 Å². The van der Waals surface area contributed by atoms with Gasteiger partial charge in [-0.1, -0.05) is 30.3 Å². The highest BCUT2D eigenvalue weighted by Gasteiger charge is 2.31. The van der Waals surface area contributed by atoms with Crippen molar-refractivity contribution in [1.82, 2.24) is 10.2 Å². The molecule has 0 unspecified atom stereocenters. The Morgan fingerprint density at radius 1 is 1.10 bits per heavy atom. The number of H-pyrrole nitrogens is 1. The van der Waals surface area contributed by atoms with Crippen LogP contribution in [-0.4, -0.2) is 40.6 Å². The number of carbonyl (C=O) groups excluding carboxylic acids is 3. The summed E-state index contributed by atoms with van der Waals surface area (Å²) < 4.78 is 5.30. The summed E-state index contributed by atoms with van der Waals surface area (Å²) in [7, 11) is 0. The molecule has 0 spiro atoms. The lowest BCUT2D eigenvalue weighted by molar-refractivity contribution is -0.153. The third-order valence-electron chi connectivity index (χ3n) is 4.78. The monoisotopic (exact) mass is 406 g/mol. The van der Waals surface area contributed by atoms with Crippen molar-refractivity contribution in [3.05, 3.63) is 64.6 Å². The van der Waals surface area contributed by atoms with E-state index in [0.29, 0.717) is 27.8 Å². The Labute approximate surface area is 170 Å². The van der Waals surface area contributed by atoms with E-state index in [9.17, 15) is 19.2 Å². The second kappa shape index (κ2) is 7.78. The first-order chi connectivity index (χ1) is 14.4. The fourth-order valence-electron chi connectivity index (χ4n) is 3.38. The molecule has 9 nitrogen and oxygen atoms in total. The molecule has 0 bridgehead atoms. The van der Waals surface area contributed by atoms with E-state index in [0.717, 1.165) is 0 Å². The van der Waals surface area contributed by atoms with Crippen molar-refractivity contribution in [3.8, 4) is 0 Å². The highest BCUT2D eigenvalue weighted by Crippen LogP contribution is 2.29. The van der Waals surface area contributed by atoms with Gasteiger partial charge in [0.05, 0.1) is 28.9 Å². The van der Waals surface area contributed by atoms with Crippen molar-refractivity contribution < 1.29 is 19.1 Å². The molecule has 1 aliphatic heterocycles. The minimum atomic E-state index is -1.11. The van der Waals surface area contributed by atoms with E-state index in [1.54, 1.807) is 48.5 Å². The summed E-state index contributed by atoms with van der Waals surface area (Å²) in [6.07, 6.45) is -1.32. The lowest BCUT2D eigenvalue weighted by Crippen LogP contribution is -2.47. The van der Waals surface area contributed by atoms with Crippen molar-refractivity contribution >= 4 is 39.9 Å². The molecule has 1 aromatic heterocycles.